The molecule has 0 atom stereocenters. The number of allylic oxidation sites excluding steroid dienone is 2. The van der Waals surface area contributed by atoms with Gasteiger partial charge in [-0.25, -0.2) is 4.40 Å². The number of nitrogens with zero attached hydrogens (tertiary/aromatic N) is 1. The Bertz CT molecular complexity index is 509. The lowest BCUT2D eigenvalue weighted by molar-refractivity contribution is -0.133. The maximum atomic E-state index is 10.5. The van der Waals surface area contributed by atoms with Crippen molar-refractivity contribution in [2.45, 2.75) is 6.42 Å². The number of benzene rings is 1. The van der Waals surface area contributed by atoms with E-state index >= 15 is 0 Å². The van der Waals surface area contributed by atoms with Gasteiger partial charge in [-0.3, -0.25) is 4.79 Å². The smallest absolute Gasteiger partial charge is 0.313 e. The molecule has 1 aromatic carbocycles. The lowest BCUT2D eigenvalue weighted by Gasteiger charge is -2.17. The zero-order valence-corrected chi connectivity index (χ0v) is 10.7. The van der Waals surface area contributed by atoms with Crippen LogP contribution in [-0.2, 0) is 11.2 Å². The molecule has 88 valence electrons. The van der Waals surface area contributed by atoms with E-state index in [1.54, 1.807) is 0 Å². The molecule has 0 amide bonds. The van der Waals surface area contributed by atoms with Crippen LogP contribution >= 0.6 is 24.6 Å². The van der Waals surface area contributed by atoms with Crippen LogP contribution in [0.2, 0.25) is 0 Å². The topological polar surface area (TPSA) is 49.7 Å². The van der Waals surface area contributed by atoms with Gasteiger partial charge < -0.3 is 5.11 Å². The number of carboxylic acids is 1. The molecule has 0 saturated heterocycles. The van der Waals surface area contributed by atoms with Gasteiger partial charge in [-0.15, -0.1) is 11.8 Å². The molecule has 0 aromatic heterocycles. The lowest BCUT2D eigenvalue weighted by atomic mass is 9.95. The zero-order valence-electron chi connectivity index (χ0n) is 8.96. The summed E-state index contributed by atoms with van der Waals surface area (Å²) in [6.07, 6.45) is 2.67. The first-order valence-corrected chi connectivity index (χ1v) is 6.45. The molecule has 0 heterocycles. The summed E-state index contributed by atoms with van der Waals surface area (Å²) in [5.41, 5.74) is 3.03. The van der Waals surface area contributed by atoms with E-state index in [0.29, 0.717) is 0 Å². The van der Waals surface area contributed by atoms with E-state index in [4.69, 9.17) is 5.11 Å². The van der Waals surface area contributed by atoms with Crippen LogP contribution in [0.15, 0.2) is 39.6 Å². The van der Waals surface area contributed by atoms with Gasteiger partial charge in [0.2, 0.25) is 0 Å². The van der Waals surface area contributed by atoms with E-state index < -0.39 is 5.97 Å². The molecular formula is C12H11NO2S2. The number of thiol groups is 1. The molecule has 0 bridgehead atoms. The number of rotatable bonds is 3. The van der Waals surface area contributed by atoms with Crippen LogP contribution in [0.5, 0.6) is 0 Å². The number of aliphatic carboxylic acids is 1. The van der Waals surface area contributed by atoms with Crippen LogP contribution in [0.4, 0.5) is 0 Å². The standard InChI is InChI=1S/C12H11NO2S2/c14-12(15)7-17-9-5-8-3-1-2-4-10(8)11(6-9)13-16/h1-4,6,16H,5,7H2,(H,14,15). The zero-order chi connectivity index (χ0) is 12.3. The number of hydrogen-bond donors (Lipinski definition) is 2. The van der Waals surface area contributed by atoms with Gasteiger partial charge in [-0.05, 0) is 29.4 Å². The molecule has 1 aromatic rings. The van der Waals surface area contributed by atoms with Crippen LogP contribution in [0.1, 0.15) is 11.1 Å². The van der Waals surface area contributed by atoms with Crippen molar-refractivity contribution in [2.24, 2.45) is 4.40 Å². The van der Waals surface area contributed by atoms with Gasteiger partial charge in [0.15, 0.2) is 0 Å². The van der Waals surface area contributed by atoms with Crippen molar-refractivity contribution in [3.63, 3.8) is 0 Å². The molecule has 17 heavy (non-hydrogen) atoms. The van der Waals surface area contributed by atoms with Crippen molar-refractivity contribution in [1.29, 1.82) is 0 Å². The van der Waals surface area contributed by atoms with Gasteiger partial charge in [0.25, 0.3) is 0 Å². The summed E-state index contributed by atoms with van der Waals surface area (Å²) in [6.45, 7) is 0. The van der Waals surface area contributed by atoms with Gasteiger partial charge in [0, 0.05) is 12.0 Å². The fourth-order valence-electron chi connectivity index (χ4n) is 1.72. The van der Waals surface area contributed by atoms with Crippen molar-refractivity contribution in [3.05, 3.63) is 46.4 Å². The fraction of sp³-hybridized carbons (Fsp3) is 0.167. The van der Waals surface area contributed by atoms with Crippen LogP contribution < -0.4 is 0 Å². The van der Waals surface area contributed by atoms with E-state index in [-0.39, 0.29) is 5.75 Å². The SMILES string of the molecule is O=C(O)CSC1=CC(=NS)c2ccccc2C1. The van der Waals surface area contributed by atoms with Crippen molar-refractivity contribution in [1.82, 2.24) is 0 Å². The Kier molecular flexibility index (Phi) is 3.91. The van der Waals surface area contributed by atoms with Gasteiger partial charge in [0.05, 0.1) is 11.5 Å². The summed E-state index contributed by atoms with van der Waals surface area (Å²) >= 11 is 5.29. The number of hydrogen-bond acceptors (Lipinski definition) is 4. The maximum Gasteiger partial charge on any atom is 0.313 e. The second-order valence-corrected chi connectivity index (χ2v) is 4.91. The molecule has 5 heteroatoms. The third kappa shape index (κ3) is 2.92. The number of fused-ring (bicyclic) bond motifs is 1. The molecule has 0 aliphatic heterocycles. The first kappa shape index (κ1) is 12.3. The van der Waals surface area contributed by atoms with Gasteiger partial charge in [-0.2, -0.15) is 0 Å². The molecule has 0 unspecified atom stereocenters. The first-order chi connectivity index (χ1) is 8.20. The Morgan fingerprint density at radius 1 is 1.47 bits per heavy atom. The Morgan fingerprint density at radius 2 is 2.24 bits per heavy atom. The molecular weight excluding hydrogens is 254 g/mol. The van der Waals surface area contributed by atoms with E-state index in [9.17, 15) is 4.79 Å². The van der Waals surface area contributed by atoms with E-state index in [2.05, 4.69) is 17.2 Å². The molecule has 2 rings (SSSR count). The summed E-state index contributed by atoms with van der Waals surface area (Å²) < 4.78 is 3.94. The molecule has 0 spiro atoms. The van der Waals surface area contributed by atoms with Crippen molar-refractivity contribution >= 4 is 36.3 Å². The maximum absolute atomic E-state index is 10.5. The second kappa shape index (κ2) is 5.42. The van der Waals surface area contributed by atoms with Crippen molar-refractivity contribution in [2.75, 3.05) is 5.75 Å². The average molecular weight is 265 g/mol. The number of carboxylic acid groups (broad SMARTS) is 1. The molecule has 0 saturated carbocycles. The van der Waals surface area contributed by atoms with E-state index in [0.717, 1.165) is 28.2 Å². The van der Waals surface area contributed by atoms with Crippen LogP contribution in [-0.4, -0.2) is 22.5 Å². The lowest BCUT2D eigenvalue weighted by Crippen LogP contribution is -2.10. The Morgan fingerprint density at radius 3 is 2.94 bits per heavy atom. The van der Waals surface area contributed by atoms with Crippen molar-refractivity contribution < 1.29 is 9.90 Å². The second-order valence-electron chi connectivity index (χ2n) is 3.61. The molecule has 1 N–H and O–H groups in total. The quantitative estimate of drug-likeness (QED) is 0.826. The summed E-state index contributed by atoms with van der Waals surface area (Å²) in [7, 11) is 0. The Labute approximate surface area is 109 Å². The van der Waals surface area contributed by atoms with Gasteiger partial charge in [-0.1, -0.05) is 24.3 Å². The monoisotopic (exact) mass is 265 g/mol. The predicted octanol–water partition coefficient (Wildman–Crippen LogP) is 2.58. The highest BCUT2D eigenvalue weighted by Gasteiger charge is 2.16. The number of carbonyl (C=O) groups is 1. The Balaban J connectivity index is 2.24. The molecule has 1 aliphatic carbocycles. The third-order valence-electron chi connectivity index (χ3n) is 2.44. The minimum absolute atomic E-state index is 0.0772. The first-order valence-electron chi connectivity index (χ1n) is 5.06. The van der Waals surface area contributed by atoms with Crippen LogP contribution in [0.25, 0.3) is 0 Å². The van der Waals surface area contributed by atoms with Gasteiger partial charge >= 0.3 is 5.97 Å². The number of thioether (sulfide) groups is 1. The minimum Gasteiger partial charge on any atom is -0.481 e. The van der Waals surface area contributed by atoms with Crippen LogP contribution in [0.3, 0.4) is 0 Å². The third-order valence-corrected chi connectivity index (χ3v) is 3.68. The highest BCUT2D eigenvalue weighted by atomic mass is 32.2. The summed E-state index contributed by atoms with van der Waals surface area (Å²) in [4.78, 5) is 11.6. The fourth-order valence-corrected chi connectivity index (χ4v) is 2.65. The summed E-state index contributed by atoms with van der Waals surface area (Å²) in [5, 5.41) is 8.67. The molecule has 1 aliphatic rings. The van der Waals surface area contributed by atoms with E-state index in [1.165, 1.54) is 11.8 Å². The predicted molar refractivity (Wildman–Crippen MR) is 73.8 cm³/mol. The Hall–Kier alpha value is -1.20. The van der Waals surface area contributed by atoms with E-state index in [1.807, 2.05) is 30.3 Å². The normalized spacial score (nSPS) is 16.5. The highest BCUT2D eigenvalue weighted by Crippen LogP contribution is 2.28. The largest absolute Gasteiger partial charge is 0.481 e. The van der Waals surface area contributed by atoms with Crippen molar-refractivity contribution in [3.8, 4) is 0 Å². The minimum atomic E-state index is -0.806. The van der Waals surface area contributed by atoms with Gasteiger partial charge in [0.1, 0.15) is 0 Å². The average Bonchev–Trinajstić information content (AvgIpc) is 2.35. The summed E-state index contributed by atoms with van der Waals surface area (Å²) in [5.74, 6) is -0.729. The highest BCUT2D eigenvalue weighted by molar-refractivity contribution is 8.03. The molecule has 0 fully saturated rings. The van der Waals surface area contributed by atoms with Crippen LogP contribution in [0, 0.1) is 0 Å². The molecule has 0 radical (unpaired) electrons. The molecule has 3 nitrogen and oxygen atoms in total. The summed E-state index contributed by atoms with van der Waals surface area (Å²) in [6, 6.07) is 7.96.